The van der Waals surface area contributed by atoms with Crippen LogP contribution < -0.4 is 5.32 Å². The number of nitrogens with zero attached hydrogens (tertiary/aromatic N) is 1. The van der Waals surface area contributed by atoms with E-state index in [-0.39, 0.29) is 5.91 Å². The van der Waals surface area contributed by atoms with E-state index in [1.54, 1.807) is 17.5 Å². The largest absolute Gasteiger partial charge is 0.352 e. The molecule has 0 bridgehead atoms. The molecule has 0 fully saturated rings. The molecule has 2 rings (SSSR count). The van der Waals surface area contributed by atoms with Gasteiger partial charge >= 0.3 is 0 Å². The average Bonchev–Trinajstić information content (AvgIpc) is 2.87. The number of carbonyl (C=O) groups is 1. The molecule has 0 radical (unpaired) electrons. The van der Waals surface area contributed by atoms with Crippen LogP contribution in [0.5, 0.6) is 0 Å². The third-order valence-corrected chi connectivity index (χ3v) is 3.46. The molecule has 1 aromatic heterocycles. The van der Waals surface area contributed by atoms with E-state index in [0.717, 1.165) is 17.0 Å². The van der Waals surface area contributed by atoms with Gasteiger partial charge in [-0.25, -0.2) is 4.98 Å². The third kappa shape index (κ3) is 3.96. The van der Waals surface area contributed by atoms with Crippen LogP contribution in [-0.2, 0) is 17.8 Å². The van der Waals surface area contributed by atoms with Crippen molar-refractivity contribution in [1.29, 1.82) is 0 Å². The van der Waals surface area contributed by atoms with E-state index in [4.69, 9.17) is 0 Å². The van der Waals surface area contributed by atoms with Crippen molar-refractivity contribution in [2.45, 2.75) is 26.3 Å². The summed E-state index contributed by atoms with van der Waals surface area (Å²) in [5, 5.41) is 5.87. The molecule has 18 heavy (non-hydrogen) atoms. The minimum absolute atomic E-state index is 0.0757. The highest BCUT2D eigenvalue weighted by atomic mass is 32.1. The Balaban J connectivity index is 1.75. The summed E-state index contributed by atoms with van der Waals surface area (Å²) in [5.41, 5.74) is 2.35. The van der Waals surface area contributed by atoms with Gasteiger partial charge in [-0.05, 0) is 12.5 Å². The topological polar surface area (TPSA) is 42.0 Å². The van der Waals surface area contributed by atoms with Gasteiger partial charge in [0.05, 0.1) is 5.01 Å². The van der Waals surface area contributed by atoms with E-state index in [1.807, 2.05) is 30.5 Å². The first-order chi connectivity index (χ1) is 8.74. The molecular weight excluding hydrogens is 244 g/mol. The van der Waals surface area contributed by atoms with Gasteiger partial charge in [0.15, 0.2) is 0 Å². The van der Waals surface area contributed by atoms with Crippen LogP contribution in [0.3, 0.4) is 0 Å². The van der Waals surface area contributed by atoms with Gasteiger partial charge < -0.3 is 5.32 Å². The lowest BCUT2D eigenvalue weighted by Gasteiger charge is -2.05. The van der Waals surface area contributed by atoms with Crippen LogP contribution in [0.2, 0.25) is 0 Å². The van der Waals surface area contributed by atoms with E-state index < -0.39 is 0 Å². The maximum Gasteiger partial charge on any atom is 0.220 e. The molecule has 0 atom stereocenters. The predicted octanol–water partition coefficient (Wildman–Crippen LogP) is 2.70. The number of benzene rings is 1. The van der Waals surface area contributed by atoms with Crippen molar-refractivity contribution in [2.75, 3.05) is 0 Å². The van der Waals surface area contributed by atoms with Crippen LogP contribution in [0, 0.1) is 6.92 Å². The van der Waals surface area contributed by atoms with Gasteiger partial charge in [0.25, 0.3) is 0 Å². The van der Waals surface area contributed by atoms with Crippen molar-refractivity contribution < 1.29 is 4.79 Å². The second kappa shape index (κ2) is 6.31. The van der Waals surface area contributed by atoms with Gasteiger partial charge in [0, 0.05) is 31.0 Å². The zero-order valence-corrected chi connectivity index (χ0v) is 11.2. The highest BCUT2D eigenvalue weighted by Gasteiger charge is 2.03. The third-order valence-electron chi connectivity index (χ3n) is 2.62. The van der Waals surface area contributed by atoms with Crippen molar-refractivity contribution in [1.82, 2.24) is 10.3 Å². The first-order valence-electron chi connectivity index (χ1n) is 5.94. The summed E-state index contributed by atoms with van der Waals surface area (Å²) in [4.78, 5) is 15.8. The molecule has 1 heterocycles. The monoisotopic (exact) mass is 260 g/mol. The number of hydrogen-bond donors (Lipinski definition) is 1. The van der Waals surface area contributed by atoms with Crippen LogP contribution in [-0.4, -0.2) is 10.9 Å². The maximum atomic E-state index is 11.7. The van der Waals surface area contributed by atoms with E-state index in [2.05, 4.69) is 16.4 Å². The average molecular weight is 260 g/mol. The normalized spacial score (nSPS) is 10.3. The van der Waals surface area contributed by atoms with Crippen LogP contribution in [0.25, 0.3) is 0 Å². The van der Waals surface area contributed by atoms with Crippen molar-refractivity contribution in [3.63, 3.8) is 0 Å². The predicted molar refractivity (Wildman–Crippen MR) is 73.5 cm³/mol. The van der Waals surface area contributed by atoms with Crippen molar-refractivity contribution in [2.24, 2.45) is 0 Å². The first kappa shape index (κ1) is 12.8. The second-order valence-corrected chi connectivity index (χ2v) is 5.17. The molecule has 1 N–H and O–H groups in total. The molecule has 0 spiro atoms. The molecule has 1 aromatic carbocycles. The number of aryl methyl sites for hydroxylation is 2. The Morgan fingerprint density at radius 1 is 1.44 bits per heavy atom. The number of thiazole rings is 1. The zero-order valence-electron chi connectivity index (χ0n) is 10.3. The molecule has 94 valence electrons. The Hall–Kier alpha value is -1.68. The molecule has 0 unspecified atom stereocenters. The summed E-state index contributed by atoms with van der Waals surface area (Å²) in [6.07, 6.45) is 2.99. The summed E-state index contributed by atoms with van der Waals surface area (Å²) >= 11 is 1.59. The lowest BCUT2D eigenvalue weighted by atomic mass is 10.1. The number of carbonyl (C=O) groups excluding carboxylic acids is 1. The fourth-order valence-electron chi connectivity index (χ4n) is 1.71. The van der Waals surface area contributed by atoms with Crippen LogP contribution in [0.15, 0.2) is 35.8 Å². The highest BCUT2D eigenvalue weighted by Crippen LogP contribution is 2.07. The Kier molecular flexibility index (Phi) is 4.47. The fraction of sp³-hybridized carbons (Fsp3) is 0.286. The van der Waals surface area contributed by atoms with Crippen molar-refractivity contribution in [3.05, 3.63) is 52.0 Å². The number of amides is 1. The number of aromatic nitrogens is 1. The SMILES string of the molecule is Cc1cccc(CNC(=O)CCc2nccs2)c1. The van der Waals surface area contributed by atoms with Crippen molar-refractivity contribution in [3.8, 4) is 0 Å². The summed E-state index contributed by atoms with van der Waals surface area (Å²) < 4.78 is 0. The Bertz CT molecular complexity index is 508. The zero-order chi connectivity index (χ0) is 12.8. The second-order valence-electron chi connectivity index (χ2n) is 4.19. The smallest absolute Gasteiger partial charge is 0.220 e. The molecular formula is C14H16N2OS. The minimum Gasteiger partial charge on any atom is -0.352 e. The maximum absolute atomic E-state index is 11.7. The molecule has 1 amide bonds. The quantitative estimate of drug-likeness (QED) is 0.898. The molecule has 0 saturated heterocycles. The molecule has 2 aromatic rings. The van der Waals surface area contributed by atoms with Crippen LogP contribution in [0.4, 0.5) is 0 Å². The molecule has 0 aliphatic heterocycles. The van der Waals surface area contributed by atoms with Gasteiger partial charge in [0.2, 0.25) is 5.91 Å². The van der Waals surface area contributed by atoms with Gasteiger partial charge in [-0.15, -0.1) is 11.3 Å². The number of hydrogen-bond acceptors (Lipinski definition) is 3. The summed E-state index contributed by atoms with van der Waals surface area (Å²) in [6, 6.07) is 8.16. The summed E-state index contributed by atoms with van der Waals surface area (Å²) in [6.45, 7) is 2.65. The Labute approximate surface area is 111 Å². The lowest BCUT2D eigenvalue weighted by molar-refractivity contribution is -0.121. The fourth-order valence-corrected chi connectivity index (χ4v) is 2.33. The van der Waals surface area contributed by atoms with Gasteiger partial charge in [0.1, 0.15) is 0 Å². The molecule has 4 heteroatoms. The highest BCUT2D eigenvalue weighted by molar-refractivity contribution is 7.09. The van der Waals surface area contributed by atoms with E-state index in [1.165, 1.54) is 5.56 Å². The standard InChI is InChI=1S/C14H16N2OS/c1-11-3-2-4-12(9-11)10-16-13(17)5-6-14-15-7-8-18-14/h2-4,7-9H,5-6,10H2,1H3,(H,16,17). The molecule has 0 saturated carbocycles. The molecule has 0 aliphatic rings. The minimum atomic E-state index is 0.0757. The number of nitrogens with one attached hydrogen (secondary N) is 1. The summed E-state index contributed by atoms with van der Waals surface area (Å²) in [7, 11) is 0. The first-order valence-corrected chi connectivity index (χ1v) is 6.82. The van der Waals surface area contributed by atoms with Gasteiger partial charge in [-0.3, -0.25) is 4.79 Å². The number of rotatable bonds is 5. The Morgan fingerprint density at radius 3 is 3.06 bits per heavy atom. The molecule has 3 nitrogen and oxygen atoms in total. The Morgan fingerprint density at radius 2 is 2.33 bits per heavy atom. The van der Waals surface area contributed by atoms with Gasteiger partial charge in [-0.2, -0.15) is 0 Å². The van der Waals surface area contributed by atoms with E-state index in [0.29, 0.717) is 13.0 Å². The van der Waals surface area contributed by atoms with Crippen molar-refractivity contribution >= 4 is 17.2 Å². The van der Waals surface area contributed by atoms with E-state index in [9.17, 15) is 4.79 Å². The van der Waals surface area contributed by atoms with E-state index >= 15 is 0 Å². The lowest BCUT2D eigenvalue weighted by Crippen LogP contribution is -2.22. The summed E-state index contributed by atoms with van der Waals surface area (Å²) in [5.74, 6) is 0.0757. The van der Waals surface area contributed by atoms with Crippen LogP contribution in [0.1, 0.15) is 22.6 Å². The van der Waals surface area contributed by atoms with Crippen LogP contribution >= 0.6 is 11.3 Å². The molecule has 0 aliphatic carbocycles. The van der Waals surface area contributed by atoms with Gasteiger partial charge in [-0.1, -0.05) is 29.8 Å².